The number of amidine groups is 1. The number of aliphatic imine (C=N–C) groups is 1. The number of hydrogen-bond donors (Lipinski definition) is 1. The molecule has 0 radical (unpaired) electrons. The van der Waals surface area contributed by atoms with E-state index in [1.54, 1.807) is 0 Å². The molecule has 1 aromatic rings. The second kappa shape index (κ2) is 2.78. The number of azo groups is 1. The number of hydrogen-bond acceptors (Lipinski definition) is 4. The van der Waals surface area contributed by atoms with Crippen LogP contribution in [-0.4, -0.2) is 22.7 Å². The second-order valence-electron chi connectivity index (χ2n) is 4.79. The minimum atomic E-state index is 0.466. The highest BCUT2D eigenvalue weighted by Crippen LogP contribution is 2.62. The van der Waals surface area contributed by atoms with Crippen LogP contribution in [0.3, 0.4) is 0 Å². The van der Waals surface area contributed by atoms with Crippen molar-refractivity contribution in [3.8, 4) is 0 Å². The predicted octanol–water partition coefficient (Wildman–Crippen LogP) is 1.88. The van der Waals surface area contributed by atoms with Crippen LogP contribution in [0.2, 0.25) is 0 Å². The fourth-order valence-electron chi connectivity index (χ4n) is 3.33. The van der Waals surface area contributed by atoms with Crippen LogP contribution in [-0.2, 0) is 6.42 Å². The number of fused-ring (bicyclic) bond motifs is 3. The van der Waals surface area contributed by atoms with Gasteiger partial charge in [0.1, 0.15) is 5.69 Å². The van der Waals surface area contributed by atoms with Crippen LogP contribution in [0.4, 0.5) is 0 Å². The molecule has 2 heterocycles. The molecule has 1 saturated carbocycles. The van der Waals surface area contributed by atoms with Crippen molar-refractivity contribution in [3.05, 3.63) is 17.0 Å². The van der Waals surface area contributed by atoms with Gasteiger partial charge in [-0.15, -0.1) is 5.11 Å². The van der Waals surface area contributed by atoms with Gasteiger partial charge in [-0.1, -0.05) is 13.3 Å². The Morgan fingerprint density at radius 3 is 3.12 bits per heavy atom. The zero-order valence-electron chi connectivity index (χ0n) is 9.14. The van der Waals surface area contributed by atoms with E-state index in [0.717, 1.165) is 29.8 Å². The highest BCUT2D eigenvalue weighted by molar-refractivity contribution is 5.99. The molecule has 0 bridgehead atoms. The van der Waals surface area contributed by atoms with Crippen LogP contribution in [0.5, 0.6) is 0 Å². The quantitative estimate of drug-likeness (QED) is 0.804. The van der Waals surface area contributed by atoms with E-state index in [9.17, 15) is 0 Å². The van der Waals surface area contributed by atoms with E-state index in [-0.39, 0.29) is 0 Å². The highest BCUT2D eigenvalue weighted by atomic mass is 15.3. The SMILES string of the molecule is CCC1C2Cc3c(n[nH]c3C3=NCN=N3)C12. The summed E-state index contributed by atoms with van der Waals surface area (Å²) in [5.41, 5.74) is 3.63. The van der Waals surface area contributed by atoms with Crippen molar-refractivity contribution in [2.45, 2.75) is 25.7 Å². The van der Waals surface area contributed by atoms with Gasteiger partial charge in [0, 0.05) is 11.5 Å². The van der Waals surface area contributed by atoms with Gasteiger partial charge in [-0.25, -0.2) is 4.99 Å². The maximum Gasteiger partial charge on any atom is 0.197 e. The Balaban J connectivity index is 1.74. The molecular weight excluding hydrogens is 202 g/mol. The van der Waals surface area contributed by atoms with Crippen molar-refractivity contribution in [3.63, 3.8) is 0 Å². The van der Waals surface area contributed by atoms with Crippen LogP contribution in [0, 0.1) is 11.8 Å². The molecule has 2 aliphatic carbocycles. The summed E-state index contributed by atoms with van der Waals surface area (Å²) in [7, 11) is 0. The van der Waals surface area contributed by atoms with Gasteiger partial charge in [0.25, 0.3) is 0 Å². The molecule has 1 aliphatic heterocycles. The maximum atomic E-state index is 4.45. The number of H-pyrrole nitrogens is 1. The number of aromatic nitrogens is 2. The lowest BCUT2D eigenvalue weighted by molar-refractivity contribution is 0.669. The molecule has 0 saturated heterocycles. The average Bonchev–Trinajstić information content (AvgIpc) is 2.73. The lowest BCUT2D eigenvalue weighted by atomic mass is 10.0. The van der Waals surface area contributed by atoms with Gasteiger partial charge >= 0.3 is 0 Å². The van der Waals surface area contributed by atoms with Gasteiger partial charge in [-0.2, -0.15) is 10.2 Å². The Bertz CT molecular complexity index is 512. The maximum absolute atomic E-state index is 4.45. The summed E-state index contributed by atoms with van der Waals surface area (Å²) in [5, 5.41) is 15.5. The van der Waals surface area contributed by atoms with E-state index in [1.165, 1.54) is 17.7 Å². The van der Waals surface area contributed by atoms with Crippen molar-refractivity contribution in [1.82, 2.24) is 10.2 Å². The molecule has 1 aromatic heterocycles. The molecular formula is C11H13N5. The van der Waals surface area contributed by atoms with E-state index in [1.807, 2.05) is 0 Å². The Kier molecular flexibility index (Phi) is 1.50. The Morgan fingerprint density at radius 2 is 2.38 bits per heavy atom. The minimum Gasteiger partial charge on any atom is -0.274 e. The van der Waals surface area contributed by atoms with E-state index in [2.05, 4.69) is 32.3 Å². The average molecular weight is 215 g/mol. The van der Waals surface area contributed by atoms with Gasteiger partial charge < -0.3 is 0 Å². The molecule has 0 aromatic carbocycles. The molecule has 5 heteroatoms. The van der Waals surface area contributed by atoms with Crippen molar-refractivity contribution in [1.29, 1.82) is 0 Å². The second-order valence-corrected chi connectivity index (χ2v) is 4.79. The third-order valence-electron chi connectivity index (χ3n) is 4.13. The largest absolute Gasteiger partial charge is 0.274 e. The van der Waals surface area contributed by atoms with Gasteiger partial charge in [0.2, 0.25) is 0 Å². The van der Waals surface area contributed by atoms with E-state index in [4.69, 9.17) is 0 Å². The molecule has 4 rings (SSSR count). The van der Waals surface area contributed by atoms with Crippen molar-refractivity contribution >= 4 is 5.84 Å². The summed E-state index contributed by atoms with van der Waals surface area (Å²) in [6.45, 7) is 2.74. The Labute approximate surface area is 93.1 Å². The van der Waals surface area contributed by atoms with Crippen LogP contribution in [0.15, 0.2) is 15.2 Å². The monoisotopic (exact) mass is 215 g/mol. The first-order valence-electron chi connectivity index (χ1n) is 5.89. The summed E-state index contributed by atoms with van der Waals surface area (Å²) in [6, 6.07) is 0. The molecule has 82 valence electrons. The van der Waals surface area contributed by atoms with E-state index >= 15 is 0 Å². The van der Waals surface area contributed by atoms with E-state index < -0.39 is 0 Å². The first-order valence-corrected chi connectivity index (χ1v) is 5.89. The molecule has 16 heavy (non-hydrogen) atoms. The summed E-state index contributed by atoms with van der Waals surface area (Å²) in [4.78, 5) is 4.25. The lowest BCUT2D eigenvalue weighted by Crippen LogP contribution is -2.01. The molecule has 0 spiro atoms. The zero-order chi connectivity index (χ0) is 10.7. The molecule has 3 atom stereocenters. The fourth-order valence-corrected chi connectivity index (χ4v) is 3.33. The smallest absolute Gasteiger partial charge is 0.197 e. The minimum absolute atomic E-state index is 0.466. The molecule has 3 aliphatic rings. The first-order chi connectivity index (χ1) is 7.90. The normalized spacial score (nSPS) is 33.8. The molecule has 5 nitrogen and oxygen atoms in total. The van der Waals surface area contributed by atoms with Crippen molar-refractivity contribution < 1.29 is 0 Å². The van der Waals surface area contributed by atoms with Crippen LogP contribution in [0.25, 0.3) is 0 Å². The van der Waals surface area contributed by atoms with Crippen LogP contribution >= 0.6 is 0 Å². The van der Waals surface area contributed by atoms with Gasteiger partial charge in [-0.05, 0) is 18.3 Å². The standard InChI is InChI=1S/C11H13N5/c1-2-5-6-3-7-9(8(5)6)14-15-10(7)11-12-4-13-16-11/h5-6,8H,2-4H2,1H3,(H,14,15). The van der Waals surface area contributed by atoms with E-state index in [0.29, 0.717) is 12.6 Å². The molecule has 1 fully saturated rings. The number of nitrogens with zero attached hydrogens (tertiary/aromatic N) is 4. The van der Waals surface area contributed by atoms with Crippen LogP contribution in [0.1, 0.15) is 36.2 Å². The number of rotatable bonds is 2. The summed E-state index contributed by atoms with van der Waals surface area (Å²) >= 11 is 0. The summed E-state index contributed by atoms with van der Waals surface area (Å²) in [5.74, 6) is 3.16. The molecule has 1 N–H and O–H groups in total. The molecule has 3 unspecified atom stereocenters. The van der Waals surface area contributed by atoms with Gasteiger partial charge in [0.15, 0.2) is 12.5 Å². The number of aromatic amines is 1. The van der Waals surface area contributed by atoms with Crippen molar-refractivity contribution in [2.24, 2.45) is 27.1 Å². The van der Waals surface area contributed by atoms with Crippen molar-refractivity contribution in [2.75, 3.05) is 6.67 Å². The van der Waals surface area contributed by atoms with Gasteiger partial charge in [-0.3, -0.25) is 5.10 Å². The predicted molar refractivity (Wildman–Crippen MR) is 58.6 cm³/mol. The third-order valence-corrected chi connectivity index (χ3v) is 4.13. The van der Waals surface area contributed by atoms with Crippen LogP contribution < -0.4 is 0 Å². The molecule has 0 amide bonds. The Morgan fingerprint density at radius 1 is 1.44 bits per heavy atom. The summed E-state index contributed by atoms with van der Waals surface area (Å²) in [6.07, 6.45) is 2.43. The fraction of sp³-hybridized carbons (Fsp3) is 0.636. The number of nitrogens with one attached hydrogen (secondary N) is 1. The topological polar surface area (TPSA) is 65.8 Å². The first kappa shape index (κ1) is 8.61. The summed E-state index contributed by atoms with van der Waals surface area (Å²) < 4.78 is 0. The highest BCUT2D eigenvalue weighted by Gasteiger charge is 2.56. The Hall–Kier alpha value is -1.52. The third kappa shape index (κ3) is 0.911. The lowest BCUT2D eigenvalue weighted by Gasteiger charge is -2.00. The zero-order valence-corrected chi connectivity index (χ0v) is 9.14. The van der Waals surface area contributed by atoms with Gasteiger partial charge in [0.05, 0.1) is 5.69 Å².